The first kappa shape index (κ1) is 20.0. The van der Waals surface area contributed by atoms with Crippen LogP contribution in [0.1, 0.15) is 39.5 Å². The lowest BCUT2D eigenvalue weighted by atomic mass is 9.85. The Balaban J connectivity index is 1.57. The van der Waals surface area contributed by atoms with Crippen molar-refractivity contribution >= 4 is 27.7 Å². The quantitative estimate of drug-likeness (QED) is 0.529. The van der Waals surface area contributed by atoms with Gasteiger partial charge < -0.3 is 5.32 Å². The smallest absolute Gasteiger partial charge is 0.243 e. The molecule has 27 heavy (non-hydrogen) atoms. The summed E-state index contributed by atoms with van der Waals surface area (Å²) >= 11 is 0. The first-order chi connectivity index (χ1) is 12.8. The minimum atomic E-state index is -3.21. The zero-order valence-electron chi connectivity index (χ0n) is 15.8. The van der Waals surface area contributed by atoms with Gasteiger partial charge in [0.05, 0.1) is 17.6 Å². The Bertz CT molecular complexity index is 729. The Labute approximate surface area is 160 Å². The summed E-state index contributed by atoms with van der Waals surface area (Å²) in [6.07, 6.45) is 5.97. The molecule has 0 radical (unpaired) electrons. The number of imide groups is 1. The molecule has 0 aromatic carbocycles. The second kappa shape index (κ2) is 7.71. The second-order valence-electron chi connectivity index (χ2n) is 7.46. The number of allylic oxidation sites excluding steroid dienone is 2. The van der Waals surface area contributed by atoms with E-state index in [1.165, 1.54) is 4.31 Å². The van der Waals surface area contributed by atoms with E-state index >= 15 is 0 Å². The van der Waals surface area contributed by atoms with E-state index in [1.54, 1.807) is 13.8 Å². The fourth-order valence-electron chi connectivity index (χ4n) is 4.11. The van der Waals surface area contributed by atoms with Gasteiger partial charge in [0.1, 0.15) is 6.04 Å². The van der Waals surface area contributed by atoms with Gasteiger partial charge in [0.15, 0.2) is 0 Å². The van der Waals surface area contributed by atoms with Crippen molar-refractivity contribution < 1.29 is 22.8 Å². The molecule has 3 aliphatic rings. The van der Waals surface area contributed by atoms with Gasteiger partial charge in [0.2, 0.25) is 27.7 Å². The highest BCUT2D eigenvalue weighted by Gasteiger charge is 2.50. The second-order valence-corrected chi connectivity index (χ2v) is 9.72. The summed E-state index contributed by atoms with van der Waals surface area (Å²) in [5.41, 5.74) is 0. The molecule has 2 saturated heterocycles. The lowest BCUT2D eigenvalue weighted by Gasteiger charge is -2.32. The zero-order valence-corrected chi connectivity index (χ0v) is 16.6. The van der Waals surface area contributed by atoms with E-state index in [9.17, 15) is 22.8 Å². The van der Waals surface area contributed by atoms with Crippen molar-refractivity contribution in [2.45, 2.75) is 51.6 Å². The molecule has 1 N–H and O–H groups in total. The predicted octanol–water partition coefficient (Wildman–Crippen LogP) is 0.256. The van der Waals surface area contributed by atoms with Crippen molar-refractivity contribution in [3.05, 3.63) is 12.2 Å². The largest absolute Gasteiger partial charge is 0.351 e. The molecule has 2 heterocycles. The molecule has 9 heteroatoms. The predicted molar refractivity (Wildman–Crippen MR) is 98.9 cm³/mol. The highest BCUT2D eigenvalue weighted by Crippen LogP contribution is 2.36. The lowest BCUT2D eigenvalue weighted by molar-refractivity contribution is -0.147. The normalized spacial score (nSPS) is 28.3. The number of fused-ring (bicyclic) bond motifs is 1. The summed E-state index contributed by atoms with van der Waals surface area (Å²) in [5, 5.41) is 2.89. The summed E-state index contributed by atoms with van der Waals surface area (Å²) in [5.74, 6) is -1.51. The van der Waals surface area contributed by atoms with Crippen molar-refractivity contribution in [3.8, 4) is 0 Å². The lowest BCUT2D eigenvalue weighted by Crippen LogP contribution is -2.53. The van der Waals surface area contributed by atoms with Crippen molar-refractivity contribution in [2.24, 2.45) is 11.8 Å². The molecule has 3 atom stereocenters. The Kier molecular flexibility index (Phi) is 5.71. The Hall–Kier alpha value is -1.74. The average Bonchev–Trinajstić information content (AvgIpc) is 2.92. The summed E-state index contributed by atoms with van der Waals surface area (Å²) in [7, 11) is -3.21. The number of nitrogens with one attached hydrogen (secondary N) is 1. The number of sulfonamides is 1. The number of hydrogen-bond acceptors (Lipinski definition) is 5. The Morgan fingerprint density at radius 2 is 1.67 bits per heavy atom. The molecular weight excluding hydrogens is 370 g/mol. The Morgan fingerprint density at radius 1 is 1.15 bits per heavy atom. The molecule has 2 aliphatic heterocycles. The molecule has 150 valence electrons. The van der Waals surface area contributed by atoms with Gasteiger partial charge >= 0.3 is 0 Å². The van der Waals surface area contributed by atoms with Gasteiger partial charge in [0.25, 0.3) is 0 Å². The molecule has 0 bridgehead atoms. The van der Waals surface area contributed by atoms with E-state index in [0.717, 1.165) is 4.90 Å². The van der Waals surface area contributed by atoms with Crippen molar-refractivity contribution in [3.63, 3.8) is 0 Å². The summed E-state index contributed by atoms with van der Waals surface area (Å²) in [4.78, 5) is 38.9. The first-order valence-electron chi connectivity index (χ1n) is 9.56. The van der Waals surface area contributed by atoms with Gasteiger partial charge in [-0.3, -0.25) is 19.3 Å². The number of hydrogen-bond donors (Lipinski definition) is 1. The number of likely N-dealkylation sites (tertiary alicyclic amines) is 1. The standard InChI is InChI=1S/C18H27N3O5S/c1-3-27(25,26)20-10-8-13(9-11-20)19-16(22)12(2)21-17(23)14-6-4-5-7-15(14)18(21)24/h4-5,12-15H,3,6-11H2,1-2H3,(H,19,22). The SMILES string of the molecule is CCS(=O)(=O)N1CCC(NC(=O)C(C)N2C(=O)C3CC=CCC3C2=O)CC1. The van der Waals surface area contributed by atoms with Crippen molar-refractivity contribution in [2.75, 3.05) is 18.8 Å². The molecule has 0 aromatic heterocycles. The maximum atomic E-state index is 12.6. The minimum Gasteiger partial charge on any atom is -0.351 e. The number of nitrogens with zero attached hydrogens (tertiary/aromatic N) is 2. The number of rotatable bonds is 5. The van der Waals surface area contributed by atoms with Crippen LogP contribution in [0.25, 0.3) is 0 Å². The molecular formula is C18H27N3O5S. The van der Waals surface area contributed by atoms with E-state index in [2.05, 4.69) is 5.32 Å². The van der Waals surface area contributed by atoms with Crippen LogP contribution in [0.4, 0.5) is 0 Å². The highest BCUT2D eigenvalue weighted by molar-refractivity contribution is 7.89. The van der Waals surface area contributed by atoms with E-state index in [4.69, 9.17) is 0 Å². The number of piperidine rings is 1. The molecule has 0 aromatic rings. The average molecular weight is 397 g/mol. The molecule has 1 aliphatic carbocycles. The first-order valence-corrected chi connectivity index (χ1v) is 11.2. The van der Waals surface area contributed by atoms with Crippen LogP contribution in [0, 0.1) is 11.8 Å². The number of amides is 3. The van der Waals surface area contributed by atoms with Crippen molar-refractivity contribution in [1.82, 2.24) is 14.5 Å². The van der Waals surface area contributed by atoms with Gasteiger partial charge in [-0.1, -0.05) is 12.2 Å². The third kappa shape index (κ3) is 3.80. The monoisotopic (exact) mass is 397 g/mol. The molecule has 8 nitrogen and oxygen atoms in total. The molecule has 3 rings (SSSR count). The van der Waals surface area contributed by atoms with E-state index in [0.29, 0.717) is 38.8 Å². The maximum absolute atomic E-state index is 12.6. The van der Waals surface area contributed by atoms with Gasteiger partial charge in [-0.2, -0.15) is 0 Å². The summed E-state index contributed by atoms with van der Waals surface area (Å²) in [6, 6.07) is -1.01. The van der Waals surface area contributed by atoms with Crippen LogP contribution >= 0.6 is 0 Å². The summed E-state index contributed by atoms with van der Waals surface area (Å²) in [6.45, 7) is 3.93. The van der Waals surface area contributed by atoms with Crippen LogP contribution < -0.4 is 5.32 Å². The van der Waals surface area contributed by atoms with Crippen LogP contribution in [-0.4, -0.2) is 66.3 Å². The fourth-order valence-corrected chi connectivity index (χ4v) is 5.24. The molecule has 3 unspecified atom stereocenters. The molecule has 0 saturated carbocycles. The van der Waals surface area contributed by atoms with Gasteiger partial charge in [0, 0.05) is 19.1 Å². The molecule has 3 amide bonds. The molecule has 2 fully saturated rings. The van der Waals surface area contributed by atoms with Crippen LogP contribution in [0.3, 0.4) is 0 Å². The third-order valence-electron chi connectivity index (χ3n) is 5.87. The number of carbonyl (C=O) groups excluding carboxylic acids is 3. The fraction of sp³-hybridized carbons (Fsp3) is 0.722. The van der Waals surface area contributed by atoms with E-state index in [-0.39, 0.29) is 41.4 Å². The topological polar surface area (TPSA) is 104 Å². The number of carbonyl (C=O) groups is 3. The van der Waals surface area contributed by atoms with E-state index in [1.807, 2.05) is 12.2 Å². The van der Waals surface area contributed by atoms with Crippen LogP contribution in [-0.2, 0) is 24.4 Å². The molecule has 0 spiro atoms. The summed E-state index contributed by atoms with van der Waals surface area (Å²) < 4.78 is 25.3. The van der Waals surface area contributed by atoms with Gasteiger partial charge in [-0.05, 0) is 39.5 Å². The maximum Gasteiger partial charge on any atom is 0.243 e. The minimum absolute atomic E-state index is 0.0669. The van der Waals surface area contributed by atoms with Crippen molar-refractivity contribution in [1.29, 1.82) is 0 Å². The van der Waals surface area contributed by atoms with Gasteiger partial charge in [-0.15, -0.1) is 0 Å². The van der Waals surface area contributed by atoms with Gasteiger partial charge in [-0.25, -0.2) is 12.7 Å². The Morgan fingerprint density at radius 3 is 2.15 bits per heavy atom. The third-order valence-corrected chi connectivity index (χ3v) is 7.75. The van der Waals surface area contributed by atoms with Crippen LogP contribution in [0.2, 0.25) is 0 Å². The van der Waals surface area contributed by atoms with E-state index < -0.39 is 16.1 Å². The van der Waals surface area contributed by atoms with Crippen LogP contribution in [0.15, 0.2) is 12.2 Å². The highest BCUT2D eigenvalue weighted by atomic mass is 32.2. The zero-order chi connectivity index (χ0) is 19.8. The van der Waals surface area contributed by atoms with Crippen LogP contribution in [0.5, 0.6) is 0 Å².